The van der Waals surface area contributed by atoms with Crippen LogP contribution in [-0.2, 0) is 0 Å². The number of ether oxygens (including phenoxy) is 1. The first-order valence-electron chi connectivity index (χ1n) is 4.84. The number of rotatable bonds is 2. The Labute approximate surface area is 119 Å². The normalized spacial score (nSPS) is 10.4. The highest BCUT2D eigenvalue weighted by atomic mass is 35.5. The number of halogens is 3. The fourth-order valence-electron chi connectivity index (χ4n) is 1.46. The molecule has 0 unspecified atom stereocenters. The average Bonchev–Trinajstić information content (AvgIpc) is 2.27. The van der Waals surface area contributed by atoms with E-state index in [1.165, 1.54) is 7.11 Å². The van der Waals surface area contributed by atoms with Crippen molar-refractivity contribution in [3.8, 4) is 17.0 Å². The summed E-state index contributed by atoms with van der Waals surface area (Å²) in [4.78, 5) is 7.85. The molecule has 0 aliphatic rings. The summed E-state index contributed by atoms with van der Waals surface area (Å²) in [7, 11) is 1.51. The van der Waals surface area contributed by atoms with Crippen LogP contribution in [0.4, 0.5) is 5.95 Å². The van der Waals surface area contributed by atoms with Gasteiger partial charge in [-0.1, -0.05) is 34.8 Å². The fourth-order valence-corrected chi connectivity index (χ4v) is 2.20. The Balaban J connectivity index is 2.62. The number of hydrogen-bond acceptors (Lipinski definition) is 4. The average molecular weight is 305 g/mol. The van der Waals surface area contributed by atoms with Gasteiger partial charge in [-0.15, -0.1) is 0 Å². The molecule has 2 aromatic rings. The zero-order valence-electron chi connectivity index (χ0n) is 9.25. The van der Waals surface area contributed by atoms with Gasteiger partial charge >= 0.3 is 0 Å². The molecule has 2 N–H and O–H groups in total. The van der Waals surface area contributed by atoms with E-state index in [1.807, 2.05) is 0 Å². The van der Waals surface area contributed by atoms with Crippen LogP contribution < -0.4 is 10.5 Å². The van der Waals surface area contributed by atoms with Crippen molar-refractivity contribution in [1.29, 1.82) is 0 Å². The lowest BCUT2D eigenvalue weighted by atomic mass is 10.1. The molecule has 4 nitrogen and oxygen atoms in total. The Bertz CT molecular complexity index is 584. The minimum atomic E-state index is 0.0717. The van der Waals surface area contributed by atoms with Crippen LogP contribution in [0.3, 0.4) is 0 Å². The summed E-state index contributed by atoms with van der Waals surface area (Å²) in [6.45, 7) is 0. The molecular formula is C11H8Cl3N3O. The topological polar surface area (TPSA) is 61.0 Å². The third-order valence-electron chi connectivity index (χ3n) is 2.23. The summed E-state index contributed by atoms with van der Waals surface area (Å²) >= 11 is 17.9. The van der Waals surface area contributed by atoms with E-state index in [4.69, 9.17) is 45.3 Å². The second-order valence-corrected chi connectivity index (χ2v) is 4.60. The van der Waals surface area contributed by atoms with Crippen molar-refractivity contribution in [3.05, 3.63) is 33.4 Å². The van der Waals surface area contributed by atoms with E-state index in [9.17, 15) is 0 Å². The summed E-state index contributed by atoms with van der Waals surface area (Å²) in [5.41, 5.74) is 6.67. The smallest absolute Gasteiger partial charge is 0.221 e. The highest BCUT2D eigenvalue weighted by molar-refractivity contribution is 6.37. The van der Waals surface area contributed by atoms with E-state index in [2.05, 4.69) is 9.97 Å². The van der Waals surface area contributed by atoms with E-state index < -0.39 is 0 Å². The Morgan fingerprint density at radius 1 is 1.06 bits per heavy atom. The minimum Gasteiger partial charge on any atom is -0.495 e. The van der Waals surface area contributed by atoms with Gasteiger partial charge in [-0.25, -0.2) is 9.97 Å². The van der Waals surface area contributed by atoms with Crippen molar-refractivity contribution < 1.29 is 4.74 Å². The molecule has 0 fully saturated rings. The molecule has 0 spiro atoms. The number of nitrogen functional groups attached to an aromatic ring is 1. The maximum absolute atomic E-state index is 6.11. The van der Waals surface area contributed by atoms with Gasteiger partial charge in [-0.05, 0) is 12.1 Å². The van der Waals surface area contributed by atoms with Crippen molar-refractivity contribution in [3.63, 3.8) is 0 Å². The van der Waals surface area contributed by atoms with Gasteiger partial charge in [0.15, 0.2) is 0 Å². The molecule has 94 valence electrons. The first-order valence-corrected chi connectivity index (χ1v) is 5.98. The molecule has 0 atom stereocenters. The van der Waals surface area contributed by atoms with Crippen LogP contribution in [0.1, 0.15) is 0 Å². The number of aromatic nitrogens is 2. The van der Waals surface area contributed by atoms with Crippen LogP contribution in [0.25, 0.3) is 11.3 Å². The summed E-state index contributed by atoms with van der Waals surface area (Å²) in [6.07, 6.45) is 0. The molecule has 18 heavy (non-hydrogen) atoms. The molecule has 1 aromatic carbocycles. The second kappa shape index (κ2) is 5.18. The number of benzene rings is 1. The van der Waals surface area contributed by atoms with Crippen LogP contribution in [0.15, 0.2) is 18.2 Å². The SMILES string of the molecule is COc1cc(-c2cc(Cl)nc(N)n2)c(Cl)cc1Cl. The van der Waals surface area contributed by atoms with Gasteiger partial charge in [-0.2, -0.15) is 0 Å². The predicted octanol–water partition coefficient (Wildman–Crippen LogP) is 3.69. The number of hydrogen-bond donors (Lipinski definition) is 1. The zero-order chi connectivity index (χ0) is 13.3. The molecule has 2 rings (SSSR count). The zero-order valence-corrected chi connectivity index (χ0v) is 11.5. The summed E-state index contributed by atoms with van der Waals surface area (Å²) in [5.74, 6) is 0.562. The van der Waals surface area contributed by atoms with Crippen LogP contribution in [0.2, 0.25) is 15.2 Å². The van der Waals surface area contributed by atoms with Crippen molar-refractivity contribution in [2.24, 2.45) is 0 Å². The van der Waals surface area contributed by atoms with Crippen LogP contribution in [-0.4, -0.2) is 17.1 Å². The number of anilines is 1. The van der Waals surface area contributed by atoms with Crippen molar-refractivity contribution in [2.45, 2.75) is 0 Å². The van der Waals surface area contributed by atoms with E-state index in [0.717, 1.165) is 0 Å². The lowest BCUT2D eigenvalue weighted by Crippen LogP contribution is -1.97. The van der Waals surface area contributed by atoms with E-state index in [1.54, 1.807) is 18.2 Å². The van der Waals surface area contributed by atoms with Gasteiger partial charge < -0.3 is 10.5 Å². The molecule has 0 aliphatic carbocycles. The third kappa shape index (κ3) is 2.61. The van der Waals surface area contributed by atoms with Crippen molar-refractivity contribution >= 4 is 40.8 Å². The van der Waals surface area contributed by atoms with Crippen molar-refractivity contribution in [2.75, 3.05) is 12.8 Å². The Morgan fingerprint density at radius 3 is 2.39 bits per heavy atom. The third-order valence-corrected chi connectivity index (χ3v) is 3.03. The summed E-state index contributed by atoms with van der Waals surface area (Å²) in [5, 5.41) is 1.08. The molecule has 0 amide bonds. The lowest BCUT2D eigenvalue weighted by Gasteiger charge is -2.09. The number of nitrogens with zero attached hydrogens (tertiary/aromatic N) is 2. The molecule has 1 heterocycles. The lowest BCUT2D eigenvalue weighted by molar-refractivity contribution is 0.415. The highest BCUT2D eigenvalue weighted by Gasteiger charge is 2.12. The summed E-state index contributed by atoms with van der Waals surface area (Å²) < 4.78 is 5.12. The quantitative estimate of drug-likeness (QED) is 0.859. The van der Waals surface area contributed by atoms with E-state index >= 15 is 0 Å². The molecular weight excluding hydrogens is 296 g/mol. The standard InChI is InChI=1S/C11H8Cl3N3O/c1-18-9-2-5(6(12)3-7(9)13)8-4-10(14)17-11(15)16-8/h2-4H,1H3,(H2,15,16,17). The van der Waals surface area contributed by atoms with Crippen molar-refractivity contribution in [1.82, 2.24) is 9.97 Å². The van der Waals surface area contributed by atoms with Crippen LogP contribution in [0.5, 0.6) is 5.75 Å². The molecule has 1 aromatic heterocycles. The largest absolute Gasteiger partial charge is 0.495 e. The van der Waals surface area contributed by atoms with E-state index in [-0.39, 0.29) is 11.1 Å². The first kappa shape index (κ1) is 13.2. The number of nitrogens with two attached hydrogens (primary N) is 1. The first-order chi connectivity index (χ1) is 8.51. The van der Waals surface area contributed by atoms with Gasteiger partial charge in [0.05, 0.1) is 22.8 Å². The van der Waals surface area contributed by atoms with Gasteiger partial charge in [0.25, 0.3) is 0 Å². The highest BCUT2D eigenvalue weighted by Crippen LogP contribution is 2.36. The van der Waals surface area contributed by atoms with E-state index in [0.29, 0.717) is 27.1 Å². The maximum atomic E-state index is 6.11. The van der Waals surface area contributed by atoms with Gasteiger partial charge in [0, 0.05) is 11.6 Å². The molecule has 0 saturated carbocycles. The molecule has 0 radical (unpaired) electrons. The number of methoxy groups -OCH3 is 1. The van der Waals surface area contributed by atoms with Gasteiger partial charge in [0.1, 0.15) is 10.9 Å². The predicted molar refractivity (Wildman–Crippen MR) is 73.5 cm³/mol. The molecule has 0 saturated heterocycles. The van der Waals surface area contributed by atoms with Gasteiger partial charge in [-0.3, -0.25) is 0 Å². The summed E-state index contributed by atoms with van der Waals surface area (Å²) in [6, 6.07) is 4.80. The van der Waals surface area contributed by atoms with Crippen LogP contribution >= 0.6 is 34.8 Å². The Kier molecular flexibility index (Phi) is 3.80. The minimum absolute atomic E-state index is 0.0717. The molecule has 0 bridgehead atoms. The Hall–Kier alpha value is -1.23. The second-order valence-electron chi connectivity index (χ2n) is 3.40. The maximum Gasteiger partial charge on any atom is 0.221 e. The fraction of sp³-hybridized carbons (Fsp3) is 0.0909. The van der Waals surface area contributed by atoms with Gasteiger partial charge in [0.2, 0.25) is 5.95 Å². The molecule has 0 aliphatic heterocycles. The monoisotopic (exact) mass is 303 g/mol. The Morgan fingerprint density at radius 2 is 1.78 bits per heavy atom. The van der Waals surface area contributed by atoms with Crippen LogP contribution in [0, 0.1) is 0 Å². The molecule has 7 heteroatoms.